The number of aliphatic imine (C=N–C) groups is 1. The average molecular weight is 399 g/mol. The van der Waals surface area contributed by atoms with Gasteiger partial charge >= 0.3 is 5.97 Å². The maximum atomic E-state index is 12.3. The first kappa shape index (κ1) is 18.8. The van der Waals surface area contributed by atoms with Crippen molar-refractivity contribution >= 4 is 11.8 Å². The summed E-state index contributed by atoms with van der Waals surface area (Å²) in [7, 11) is 1.40. The summed E-state index contributed by atoms with van der Waals surface area (Å²) in [6.07, 6.45) is 8.90. The number of esters is 1. The molecule has 5 heteroatoms. The van der Waals surface area contributed by atoms with Gasteiger partial charge in [0.2, 0.25) is 0 Å². The fraction of sp³-hybridized carbons (Fsp3) is 0.280. The Morgan fingerprint density at radius 2 is 1.83 bits per heavy atom. The summed E-state index contributed by atoms with van der Waals surface area (Å²) in [5, 5.41) is 0. The van der Waals surface area contributed by atoms with Crippen LogP contribution in [0.1, 0.15) is 48.0 Å². The molecule has 2 atom stereocenters. The van der Waals surface area contributed by atoms with Crippen LogP contribution in [-0.4, -0.2) is 23.8 Å². The van der Waals surface area contributed by atoms with E-state index in [1.807, 2.05) is 30.5 Å². The highest BCUT2D eigenvalue weighted by atomic mass is 16.5. The van der Waals surface area contributed by atoms with E-state index >= 15 is 0 Å². The topological polar surface area (TPSA) is 67.9 Å². The Morgan fingerprint density at radius 1 is 1.10 bits per heavy atom. The lowest BCUT2D eigenvalue weighted by Gasteiger charge is -2.38. The molecule has 2 unspecified atom stereocenters. The molecule has 0 aromatic heterocycles. The molecule has 0 bridgehead atoms. The van der Waals surface area contributed by atoms with Crippen LogP contribution >= 0.6 is 0 Å². The molecule has 2 heterocycles. The Labute approximate surface area is 176 Å². The van der Waals surface area contributed by atoms with E-state index in [-0.39, 0.29) is 23.6 Å². The molecule has 2 N–H and O–H groups in total. The van der Waals surface area contributed by atoms with Gasteiger partial charge in [0.25, 0.3) is 0 Å². The van der Waals surface area contributed by atoms with Gasteiger partial charge in [-0.2, -0.15) is 0 Å². The predicted molar refractivity (Wildman–Crippen MR) is 117 cm³/mol. The maximum Gasteiger partial charge on any atom is 0.341 e. The van der Waals surface area contributed by atoms with Crippen molar-refractivity contribution in [2.45, 2.75) is 36.9 Å². The Balaban J connectivity index is 1.56. The molecule has 1 fully saturated rings. The van der Waals surface area contributed by atoms with Gasteiger partial charge in [-0.3, -0.25) is 4.99 Å². The van der Waals surface area contributed by atoms with E-state index in [1.54, 1.807) is 6.08 Å². The third kappa shape index (κ3) is 2.97. The predicted octanol–water partition coefficient (Wildman–Crippen LogP) is 4.15. The van der Waals surface area contributed by atoms with Crippen LogP contribution in [0.4, 0.5) is 0 Å². The van der Waals surface area contributed by atoms with Gasteiger partial charge in [-0.1, -0.05) is 54.6 Å². The zero-order valence-electron chi connectivity index (χ0n) is 17.0. The fourth-order valence-corrected chi connectivity index (χ4v) is 4.61. The Bertz CT molecular complexity index is 1050. The summed E-state index contributed by atoms with van der Waals surface area (Å²) in [6, 6.07) is 18.7. The minimum absolute atomic E-state index is 0.0350. The van der Waals surface area contributed by atoms with Gasteiger partial charge in [0.1, 0.15) is 17.5 Å². The lowest BCUT2D eigenvalue weighted by Crippen LogP contribution is -2.43. The summed E-state index contributed by atoms with van der Waals surface area (Å²) in [6.45, 7) is 0. The molecule has 0 amide bonds. The highest BCUT2D eigenvalue weighted by Crippen LogP contribution is 2.45. The number of allylic oxidation sites excluding steroid dienone is 2. The minimum atomic E-state index is -0.374. The van der Waals surface area contributed by atoms with Crippen LogP contribution < -0.4 is 5.73 Å². The molecule has 0 saturated heterocycles. The number of methoxy groups -OCH3 is 1. The Morgan fingerprint density at radius 3 is 2.47 bits per heavy atom. The highest BCUT2D eigenvalue weighted by molar-refractivity contribution is 6.20. The number of benzene rings is 2. The van der Waals surface area contributed by atoms with Gasteiger partial charge in [0, 0.05) is 11.7 Å². The summed E-state index contributed by atoms with van der Waals surface area (Å²) >= 11 is 0. The van der Waals surface area contributed by atoms with E-state index in [0.717, 1.165) is 24.0 Å². The number of ether oxygens (including phenoxy) is 1. The van der Waals surface area contributed by atoms with Crippen LogP contribution in [0.15, 0.2) is 83.5 Å². The van der Waals surface area contributed by atoms with Crippen molar-refractivity contribution in [1.82, 2.24) is 4.90 Å². The summed E-state index contributed by atoms with van der Waals surface area (Å²) < 4.78 is 4.99. The van der Waals surface area contributed by atoms with Crippen LogP contribution in [0.25, 0.3) is 0 Å². The SMILES string of the molecule is COC(=O)C1=CC=CN2C1=NC(c1ccc(C3(N)CCC3)cc1)C2c1ccccc1. The van der Waals surface area contributed by atoms with Gasteiger partial charge in [-0.25, -0.2) is 4.79 Å². The largest absolute Gasteiger partial charge is 0.465 e. The third-order valence-electron chi connectivity index (χ3n) is 6.47. The van der Waals surface area contributed by atoms with Crippen molar-refractivity contribution in [3.8, 4) is 0 Å². The molecule has 5 rings (SSSR count). The van der Waals surface area contributed by atoms with E-state index < -0.39 is 0 Å². The van der Waals surface area contributed by atoms with Gasteiger partial charge in [0.15, 0.2) is 0 Å². The smallest absolute Gasteiger partial charge is 0.341 e. The number of nitrogens with zero attached hydrogens (tertiary/aromatic N) is 2. The van der Waals surface area contributed by atoms with Gasteiger partial charge in [0.05, 0.1) is 13.2 Å². The van der Waals surface area contributed by atoms with Crippen molar-refractivity contribution < 1.29 is 9.53 Å². The molecule has 30 heavy (non-hydrogen) atoms. The molecular formula is C25H25N3O2. The molecule has 152 valence electrons. The molecule has 3 aliphatic rings. The zero-order valence-corrected chi connectivity index (χ0v) is 17.0. The summed E-state index contributed by atoms with van der Waals surface area (Å²) in [5.74, 6) is 0.280. The van der Waals surface area contributed by atoms with Crippen molar-refractivity contribution in [3.63, 3.8) is 0 Å². The molecule has 1 saturated carbocycles. The fourth-order valence-electron chi connectivity index (χ4n) is 4.61. The first-order valence-electron chi connectivity index (χ1n) is 10.4. The molecule has 2 aliphatic heterocycles. The first-order chi connectivity index (χ1) is 14.6. The number of rotatable bonds is 4. The number of nitrogens with two attached hydrogens (primary N) is 1. The number of carbonyl (C=O) groups excluding carboxylic acids is 1. The second-order valence-corrected chi connectivity index (χ2v) is 8.21. The second-order valence-electron chi connectivity index (χ2n) is 8.21. The highest BCUT2D eigenvalue weighted by Gasteiger charge is 2.41. The molecule has 0 radical (unpaired) electrons. The average Bonchev–Trinajstić information content (AvgIpc) is 3.17. The summed E-state index contributed by atoms with van der Waals surface area (Å²) in [5.41, 5.74) is 10.2. The van der Waals surface area contributed by atoms with E-state index in [0.29, 0.717) is 11.4 Å². The van der Waals surface area contributed by atoms with E-state index in [1.165, 1.54) is 19.1 Å². The van der Waals surface area contributed by atoms with Crippen LogP contribution in [0.2, 0.25) is 0 Å². The molecule has 2 aromatic rings. The summed E-state index contributed by atoms with van der Waals surface area (Å²) in [4.78, 5) is 19.4. The van der Waals surface area contributed by atoms with Crippen molar-refractivity contribution in [1.29, 1.82) is 0 Å². The van der Waals surface area contributed by atoms with Crippen LogP contribution in [0, 0.1) is 0 Å². The van der Waals surface area contributed by atoms with Crippen LogP contribution in [-0.2, 0) is 15.1 Å². The minimum Gasteiger partial charge on any atom is -0.465 e. The quantitative estimate of drug-likeness (QED) is 0.785. The van der Waals surface area contributed by atoms with Crippen LogP contribution in [0.3, 0.4) is 0 Å². The van der Waals surface area contributed by atoms with Gasteiger partial charge in [-0.15, -0.1) is 0 Å². The zero-order chi connectivity index (χ0) is 20.7. The van der Waals surface area contributed by atoms with E-state index in [9.17, 15) is 4.79 Å². The number of hydrogen-bond acceptors (Lipinski definition) is 5. The number of carbonyl (C=O) groups is 1. The number of hydrogen-bond donors (Lipinski definition) is 1. The van der Waals surface area contributed by atoms with Gasteiger partial charge in [-0.05, 0) is 48.1 Å². The van der Waals surface area contributed by atoms with Crippen LogP contribution in [0.5, 0.6) is 0 Å². The lowest BCUT2D eigenvalue weighted by molar-refractivity contribution is -0.135. The standard InChI is InChI=1S/C25H25N3O2/c1-30-24(29)20-9-5-16-28-22(18-7-3-2-4-8-18)21(27-23(20)28)17-10-12-19(13-11-17)25(26)14-6-15-25/h2-5,7-13,16,21-22H,6,14-15,26H2,1H3. The lowest BCUT2D eigenvalue weighted by atomic mass is 9.72. The van der Waals surface area contributed by atoms with Crippen molar-refractivity contribution in [3.05, 3.63) is 95.2 Å². The molecule has 2 aromatic carbocycles. The maximum absolute atomic E-state index is 12.3. The molecular weight excluding hydrogens is 374 g/mol. The van der Waals surface area contributed by atoms with Gasteiger partial charge < -0.3 is 15.4 Å². The number of amidine groups is 1. The second kappa shape index (κ2) is 7.26. The number of fused-ring (bicyclic) bond motifs is 1. The normalized spacial score (nSPS) is 23.9. The monoisotopic (exact) mass is 399 g/mol. The molecule has 1 aliphatic carbocycles. The van der Waals surface area contributed by atoms with E-state index in [2.05, 4.69) is 41.3 Å². The third-order valence-corrected chi connectivity index (χ3v) is 6.47. The molecule has 5 nitrogen and oxygen atoms in total. The molecule has 0 spiro atoms. The Kier molecular flexibility index (Phi) is 4.55. The van der Waals surface area contributed by atoms with E-state index in [4.69, 9.17) is 15.5 Å². The first-order valence-corrected chi connectivity index (χ1v) is 10.4. The van der Waals surface area contributed by atoms with Crippen molar-refractivity contribution in [2.75, 3.05) is 7.11 Å². The Hall–Kier alpha value is -3.18. The van der Waals surface area contributed by atoms with Crippen molar-refractivity contribution in [2.24, 2.45) is 10.7 Å².